The highest BCUT2D eigenvalue weighted by Gasteiger charge is 2.12. The summed E-state index contributed by atoms with van der Waals surface area (Å²) in [5, 5.41) is 6.01. The van der Waals surface area contributed by atoms with Gasteiger partial charge in [0.1, 0.15) is 0 Å². The van der Waals surface area contributed by atoms with Crippen LogP contribution in [0.15, 0.2) is 12.4 Å². The van der Waals surface area contributed by atoms with E-state index in [2.05, 4.69) is 25.5 Å². The van der Waals surface area contributed by atoms with Gasteiger partial charge in [0, 0.05) is 24.5 Å². The van der Waals surface area contributed by atoms with Crippen molar-refractivity contribution in [3.8, 4) is 0 Å². The third-order valence-corrected chi connectivity index (χ3v) is 2.47. The van der Waals surface area contributed by atoms with Gasteiger partial charge in [0.05, 0.1) is 5.56 Å². The monoisotopic (exact) mass is 279 g/mol. The normalized spacial score (nSPS) is 11.5. The number of anilines is 1. The van der Waals surface area contributed by atoms with Crippen LogP contribution >= 0.6 is 0 Å². The van der Waals surface area contributed by atoms with Crippen LogP contribution in [0.1, 0.15) is 37.6 Å². The van der Waals surface area contributed by atoms with Crippen molar-refractivity contribution in [1.82, 2.24) is 20.2 Å². The van der Waals surface area contributed by atoms with E-state index in [9.17, 15) is 4.79 Å². The highest BCUT2D eigenvalue weighted by molar-refractivity contribution is 5.93. The second kappa shape index (κ2) is 7.19. The number of carbonyl (C=O) groups is 1. The Morgan fingerprint density at radius 1 is 1.25 bits per heavy atom. The van der Waals surface area contributed by atoms with Gasteiger partial charge in [-0.15, -0.1) is 0 Å². The fourth-order valence-electron chi connectivity index (χ4n) is 1.54. The first kappa shape index (κ1) is 16.4. The lowest BCUT2D eigenvalue weighted by molar-refractivity contribution is 0.0951. The minimum atomic E-state index is -0.133. The Kier molecular flexibility index (Phi) is 5.88. The molecule has 6 heteroatoms. The first-order valence-corrected chi connectivity index (χ1v) is 6.81. The van der Waals surface area contributed by atoms with Gasteiger partial charge in [-0.3, -0.25) is 4.79 Å². The molecule has 0 unspecified atom stereocenters. The maximum absolute atomic E-state index is 11.9. The Hall–Kier alpha value is -1.69. The quantitative estimate of drug-likeness (QED) is 0.770. The highest BCUT2D eigenvalue weighted by atomic mass is 16.1. The molecule has 0 aliphatic carbocycles. The standard InChI is InChI=1S/C14H25N5O/c1-14(2,3)18-13-16-9-11(10-17-13)12(20)15-7-6-8-19(4)5/h9-10H,6-8H2,1-5H3,(H,15,20)(H,16,17,18). The summed E-state index contributed by atoms with van der Waals surface area (Å²) in [6.07, 6.45) is 4.01. The van der Waals surface area contributed by atoms with Gasteiger partial charge in [0.15, 0.2) is 0 Å². The zero-order valence-corrected chi connectivity index (χ0v) is 13.0. The number of carbonyl (C=O) groups excluding carboxylic acids is 1. The molecule has 0 atom stereocenters. The van der Waals surface area contributed by atoms with Gasteiger partial charge in [-0.2, -0.15) is 0 Å². The van der Waals surface area contributed by atoms with Gasteiger partial charge in [0.25, 0.3) is 5.91 Å². The molecule has 0 aliphatic heterocycles. The van der Waals surface area contributed by atoms with Crippen molar-refractivity contribution in [2.24, 2.45) is 0 Å². The smallest absolute Gasteiger partial charge is 0.254 e. The molecule has 2 N–H and O–H groups in total. The van der Waals surface area contributed by atoms with Crippen LogP contribution in [0, 0.1) is 0 Å². The molecule has 0 radical (unpaired) electrons. The van der Waals surface area contributed by atoms with Crippen LogP contribution in [0.4, 0.5) is 5.95 Å². The van der Waals surface area contributed by atoms with Crippen molar-refractivity contribution in [1.29, 1.82) is 0 Å². The summed E-state index contributed by atoms with van der Waals surface area (Å²) in [5.74, 6) is 0.396. The molecular formula is C14H25N5O. The predicted molar refractivity (Wildman–Crippen MR) is 80.9 cm³/mol. The molecule has 112 valence electrons. The third-order valence-electron chi connectivity index (χ3n) is 2.47. The lowest BCUT2D eigenvalue weighted by Crippen LogP contribution is -2.29. The maximum atomic E-state index is 11.9. The van der Waals surface area contributed by atoms with Crippen molar-refractivity contribution in [3.63, 3.8) is 0 Å². The summed E-state index contributed by atoms with van der Waals surface area (Å²) in [4.78, 5) is 22.2. The van der Waals surface area contributed by atoms with Crippen molar-refractivity contribution in [2.45, 2.75) is 32.7 Å². The number of hydrogen-bond donors (Lipinski definition) is 2. The van der Waals surface area contributed by atoms with Crippen molar-refractivity contribution in [3.05, 3.63) is 18.0 Å². The van der Waals surface area contributed by atoms with Gasteiger partial charge in [-0.25, -0.2) is 9.97 Å². The topological polar surface area (TPSA) is 70.2 Å². The fourth-order valence-corrected chi connectivity index (χ4v) is 1.54. The SMILES string of the molecule is CN(C)CCCNC(=O)c1cnc(NC(C)(C)C)nc1. The number of nitrogens with zero attached hydrogens (tertiary/aromatic N) is 3. The number of aromatic nitrogens is 2. The number of nitrogens with one attached hydrogen (secondary N) is 2. The lowest BCUT2D eigenvalue weighted by Gasteiger charge is -2.20. The molecule has 0 fully saturated rings. The first-order valence-electron chi connectivity index (χ1n) is 6.81. The molecule has 0 bridgehead atoms. The minimum absolute atomic E-state index is 0.101. The molecular weight excluding hydrogens is 254 g/mol. The molecule has 0 saturated carbocycles. The maximum Gasteiger partial charge on any atom is 0.254 e. The van der Waals surface area contributed by atoms with E-state index in [0.717, 1.165) is 13.0 Å². The molecule has 1 rings (SSSR count). The van der Waals surface area contributed by atoms with Crippen LogP contribution in [-0.4, -0.2) is 53.5 Å². The number of rotatable bonds is 6. The van der Waals surface area contributed by atoms with Crippen molar-refractivity contribution in [2.75, 3.05) is 32.5 Å². The lowest BCUT2D eigenvalue weighted by atomic mass is 10.1. The molecule has 1 aromatic heterocycles. The van der Waals surface area contributed by atoms with E-state index in [0.29, 0.717) is 18.1 Å². The average molecular weight is 279 g/mol. The van der Waals surface area contributed by atoms with Crippen LogP contribution in [0.2, 0.25) is 0 Å². The van der Waals surface area contributed by atoms with E-state index < -0.39 is 0 Å². The van der Waals surface area contributed by atoms with E-state index in [1.54, 1.807) is 12.4 Å². The zero-order valence-electron chi connectivity index (χ0n) is 13.0. The third kappa shape index (κ3) is 6.47. The predicted octanol–water partition coefficient (Wildman–Crippen LogP) is 1.37. The molecule has 0 aliphatic rings. The van der Waals surface area contributed by atoms with Crippen LogP contribution in [0.3, 0.4) is 0 Å². The minimum Gasteiger partial charge on any atom is -0.352 e. The van der Waals surface area contributed by atoms with Gasteiger partial charge in [-0.05, 0) is 47.8 Å². The molecule has 6 nitrogen and oxygen atoms in total. The Labute approximate surface area is 121 Å². The van der Waals surface area contributed by atoms with E-state index in [-0.39, 0.29) is 11.4 Å². The summed E-state index contributed by atoms with van der Waals surface area (Å²) in [6.45, 7) is 7.69. The molecule has 0 spiro atoms. The molecule has 0 saturated heterocycles. The largest absolute Gasteiger partial charge is 0.352 e. The zero-order chi connectivity index (χ0) is 15.2. The molecule has 20 heavy (non-hydrogen) atoms. The number of hydrogen-bond acceptors (Lipinski definition) is 5. The van der Waals surface area contributed by atoms with Gasteiger partial charge >= 0.3 is 0 Å². The second-order valence-electron chi connectivity index (χ2n) is 6.08. The summed E-state index contributed by atoms with van der Waals surface area (Å²) < 4.78 is 0. The highest BCUT2D eigenvalue weighted by Crippen LogP contribution is 2.09. The summed E-state index contributed by atoms with van der Waals surface area (Å²) in [5.41, 5.74) is 0.380. The fraction of sp³-hybridized carbons (Fsp3) is 0.643. The van der Waals surface area contributed by atoms with E-state index >= 15 is 0 Å². The molecule has 1 heterocycles. The van der Waals surface area contributed by atoms with Crippen LogP contribution in [0.5, 0.6) is 0 Å². The average Bonchev–Trinajstić information content (AvgIpc) is 2.33. The molecule has 1 amide bonds. The van der Waals surface area contributed by atoms with Crippen molar-refractivity contribution < 1.29 is 4.79 Å². The Morgan fingerprint density at radius 2 is 1.85 bits per heavy atom. The number of amides is 1. The molecule has 0 aromatic carbocycles. The van der Waals surface area contributed by atoms with Gasteiger partial charge < -0.3 is 15.5 Å². The molecule has 1 aromatic rings. The Morgan fingerprint density at radius 3 is 2.35 bits per heavy atom. The van der Waals surface area contributed by atoms with E-state index in [4.69, 9.17) is 0 Å². The van der Waals surface area contributed by atoms with E-state index in [1.165, 1.54) is 0 Å². The summed E-state index contributed by atoms with van der Waals surface area (Å²) >= 11 is 0. The first-order chi connectivity index (χ1) is 9.28. The van der Waals surface area contributed by atoms with E-state index in [1.807, 2.05) is 34.9 Å². The van der Waals surface area contributed by atoms with Gasteiger partial charge in [0.2, 0.25) is 5.95 Å². The van der Waals surface area contributed by atoms with Crippen LogP contribution in [0.25, 0.3) is 0 Å². The Balaban J connectivity index is 2.45. The van der Waals surface area contributed by atoms with Crippen LogP contribution < -0.4 is 10.6 Å². The summed E-state index contributed by atoms with van der Waals surface area (Å²) in [6, 6.07) is 0. The Bertz CT molecular complexity index is 422. The van der Waals surface area contributed by atoms with Gasteiger partial charge in [-0.1, -0.05) is 0 Å². The van der Waals surface area contributed by atoms with Crippen molar-refractivity contribution >= 4 is 11.9 Å². The van der Waals surface area contributed by atoms with Crippen LogP contribution in [-0.2, 0) is 0 Å². The second-order valence-corrected chi connectivity index (χ2v) is 6.08. The summed E-state index contributed by atoms with van der Waals surface area (Å²) in [7, 11) is 4.02.